The highest BCUT2D eigenvalue weighted by molar-refractivity contribution is 5.95. The number of aliphatic hydroxyl groups is 1. The van der Waals surface area contributed by atoms with Crippen molar-refractivity contribution in [3.8, 4) is 0 Å². The van der Waals surface area contributed by atoms with Crippen LogP contribution in [0.2, 0.25) is 0 Å². The van der Waals surface area contributed by atoms with Crippen LogP contribution in [0.1, 0.15) is 38.5 Å². The molecule has 0 spiro atoms. The smallest absolute Gasteiger partial charge is 0.305 e. The molecule has 2 aliphatic carbocycles. The molecule has 2 atom stereocenters. The van der Waals surface area contributed by atoms with Crippen LogP contribution in [0, 0.1) is 11.8 Å². The molecule has 0 aromatic rings. The standard InChI is InChI=1S/C15H20O4/c1-19-15(18)5-3-2-4-10-6-7-11-12(8-10)14(17)9-13(11)16/h6,9,11-12,17H,2-5,7-8H2,1H3/t11-,12-/m1/s1. The Balaban J connectivity index is 1.77. The van der Waals surface area contributed by atoms with Crippen molar-refractivity contribution in [2.24, 2.45) is 11.8 Å². The molecule has 0 aromatic carbocycles. The third kappa shape index (κ3) is 3.25. The molecule has 0 aromatic heterocycles. The zero-order valence-electron chi connectivity index (χ0n) is 11.2. The van der Waals surface area contributed by atoms with E-state index in [4.69, 9.17) is 0 Å². The highest BCUT2D eigenvalue weighted by Gasteiger charge is 2.37. The lowest BCUT2D eigenvalue weighted by Crippen LogP contribution is -2.21. The number of methoxy groups -OCH3 is 1. The van der Waals surface area contributed by atoms with E-state index in [0.717, 1.165) is 32.1 Å². The van der Waals surface area contributed by atoms with Gasteiger partial charge >= 0.3 is 5.97 Å². The first kappa shape index (κ1) is 13.8. The molecule has 0 saturated heterocycles. The van der Waals surface area contributed by atoms with Crippen LogP contribution in [-0.2, 0) is 14.3 Å². The molecule has 0 radical (unpaired) electrons. The maximum atomic E-state index is 11.6. The van der Waals surface area contributed by atoms with Crippen LogP contribution in [0.4, 0.5) is 0 Å². The Labute approximate surface area is 113 Å². The highest BCUT2D eigenvalue weighted by Crippen LogP contribution is 2.40. The molecule has 104 valence electrons. The summed E-state index contributed by atoms with van der Waals surface area (Å²) >= 11 is 0. The molecule has 0 bridgehead atoms. The fourth-order valence-corrected chi connectivity index (χ4v) is 2.88. The zero-order valence-corrected chi connectivity index (χ0v) is 11.2. The van der Waals surface area contributed by atoms with Crippen molar-refractivity contribution >= 4 is 11.8 Å². The van der Waals surface area contributed by atoms with Gasteiger partial charge in [-0.25, -0.2) is 0 Å². The number of hydrogen-bond donors (Lipinski definition) is 1. The molecule has 2 rings (SSSR count). The second-order valence-electron chi connectivity index (χ2n) is 5.27. The zero-order chi connectivity index (χ0) is 13.8. The van der Waals surface area contributed by atoms with Gasteiger partial charge in [0.1, 0.15) is 0 Å². The summed E-state index contributed by atoms with van der Waals surface area (Å²) in [5, 5.41) is 9.74. The summed E-state index contributed by atoms with van der Waals surface area (Å²) in [6.45, 7) is 0. The lowest BCUT2D eigenvalue weighted by Gasteiger charge is -2.25. The van der Waals surface area contributed by atoms with Crippen molar-refractivity contribution in [2.75, 3.05) is 7.11 Å². The Morgan fingerprint density at radius 1 is 1.42 bits per heavy atom. The molecule has 0 fully saturated rings. The summed E-state index contributed by atoms with van der Waals surface area (Å²) in [4.78, 5) is 22.6. The van der Waals surface area contributed by atoms with Crippen molar-refractivity contribution in [2.45, 2.75) is 38.5 Å². The van der Waals surface area contributed by atoms with E-state index in [-0.39, 0.29) is 29.3 Å². The molecular formula is C15H20O4. The quantitative estimate of drug-likeness (QED) is 0.471. The molecule has 0 saturated carbocycles. The molecule has 1 N–H and O–H groups in total. The summed E-state index contributed by atoms with van der Waals surface area (Å²) in [5.74, 6) is 0.0882. The number of ether oxygens (including phenoxy) is 1. The van der Waals surface area contributed by atoms with Crippen molar-refractivity contribution in [1.82, 2.24) is 0 Å². The molecule has 4 nitrogen and oxygen atoms in total. The molecule has 0 aliphatic heterocycles. The molecule has 0 amide bonds. The van der Waals surface area contributed by atoms with Gasteiger partial charge in [-0.05, 0) is 32.1 Å². The largest absolute Gasteiger partial charge is 0.512 e. The second kappa shape index (κ2) is 6.04. The van der Waals surface area contributed by atoms with Crippen LogP contribution in [0.5, 0.6) is 0 Å². The van der Waals surface area contributed by atoms with Gasteiger partial charge in [0.25, 0.3) is 0 Å². The number of hydrogen-bond acceptors (Lipinski definition) is 4. The molecule has 2 aliphatic rings. The number of aliphatic hydroxyl groups excluding tert-OH is 1. The van der Waals surface area contributed by atoms with Crippen molar-refractivity contribution in [3.63, 3.8) is 0 Å². The second-order valence-corrected chi connectivity index (χ2v) is 5.27. The van der Waals surface area contributed by atoms with Crippen LogP contribution >= 0.6 is 0 Å². The monoisotopic (exact) mass is 264 g/mol. The summed E-state index contributed by atoms with van der Waals surface area (Å²) in [6.07, 6.45) is 8.16. The Morgan fingerprint density at radius 2 is 2.21 bits per heavy atom. The maximum absolute atomic E-state index is 11.6. The van der Waals surface area contributed by atoms with Gasteiger partial charge in [-0.1, -0.05) is 11.6 Å². The van der Waals surface area contributed by atoms with Crippen molar-refractivity contribution in [3.05, 3.63) is 23.5 Å². The Kier molecular flexibility index (Phi) is 4.40. The lowest BCUT2D eigenvalue weighted by molar-refractivity contribution is -0.140. The fraction of sp³-hybridized carbons (Fsp3) is 0.600. The van der Waals surface area contributed by atoms with E-state index in [2.05, 4.69) is 10.8 Å². The number of allylic oxidation sites excluding steroid dienone is 4. The van der Waals surface area contributed by atoms with Gasteiger partial charge in [-0.3, -0.25) is 9.59 Å². The third-order valence-electron chi connectivity index (χ3n) is 4.02. The molecule has 0 unspecified atom stereocenters. The first-order valence-corrected chi connectivity index (χ1v) is 6.81. The number of rotatable bonds is 5. The highest BCUT2D eigenvalue weighted by atomic mass is 16.5. The van der Waals surface area contributed by atoms with Gasteiger partial charge in [-0.15, -0.1) is 0 Å². The van der Waals surface area contributed by atoms with Crippen LogP contribution in [-0.4, -0.2) is 24.0 Å². The van der Waals surface area contributed by atoms with Gasteiger partial charge < -0.3 is 9.84 Å². The minimum Gasteiger partial charge on any atom is -0.512 e. The van der Waals surface area contributed by atoms with Gasteiger partial charge in [0.2, 0.25) is 0 Å². The van der Waals surface area contributed by atoms with Crippen molar-refractivity contribution in [1.29, 1.82) is 0 Å². The van der Waals surface area contributed by atoms with E-state index >= 15 is 0 Å². The SMILES string of the molecule is COC(=O)CCCCC1=CC[C@H]2C(=O)C=C(O)[C@@H]2C1. The Morgan fingerprint density at radius 3 is 2.95 bits per heavy atom. The number of fused-ring (bicyclic) bond motifs is 1. The van der Waals surface area contributed by atoms with Crippen LogP contribution in [0.25, 0.3) is 0 Å². The van der Waals surface area contributed by atoms with E-state index in [1.165, 1.54) is 18.8 Å². The molecule has 4 heteroatoms. The molecule has 0 heterocycles. The first-order valence-electron chi connectivity index (χ1n) is 6.81. The van der Waals surface area contributed by atoms with E-state index in [1.807, 2.05) is 0 Å². The number of carbonyl (C=O) groups is 2. The van der Waals surface area contributed by atoms with Gasteiger partial charge in [0.05, 0.1) is 12.9 Å². The van der Waals surface area contributed by atoms with Gasteiger partial charge in [0, 0.05) is 24.3 Å². The predicted molar refractivity (Wildman–Crippen MR) is 70.5 cm³/mol. The van der Waals surface area contributed by atoms with Crippen molar-refractivity contribution < 1.29 is 19.4 Å². The minimum atomic E-state index is -0.167. The predicted octanol–water partition coefficient (Wildman–Crippen LogP) is 2.70. The average Bonchev–Trinajstić information content (AvgIpc) is 2.69. The molecular weight excluding hydrogens is 244 g/mol. The van der Waals surface area contributed by atoms with Crippen LogP contribution in [0.3, 0.4) is 0 Å². The van der Waals surface area contributed by atoms with E-state index in [0.29, 0.717) is 6.42 Å². The topological polar surface area (TPSA) is 63.6 Å². The number of unbranched alkanes of at least 4 members (excludes halogenated alkanes) is 1. The van der Waals surface area contributed by atoms with E-state index < -0.39 is 0 Å². The summed E-state index contributed by atoms with van der Waals surface area (Å²) in [6, 6.07) is 0. The minimum absolute atomic E-state index is 0.00638. The summed E-state index contributed by atoms with van der Waals surface area (Å²) < 4.78 is 4.59. The number of carbonyl (C=O) groups excluding carboxylic acids is 2. The number of ketones is 1. The number of esters is 1. The Hall–Kier alpha value is -1.58. The first-order chi connectivity index (χ1) is 9.11. The fourth-order valence-electron chi connectivity index (χ4n) is 2.88. The summed E-state index contributed by atoms with van der Waals surface area (Å²) in [7, 11) is 1.40. The lowest BCUT2D eigenvalue weighted by atomic mass is 9.79. The van der Waals surface area contributed by atoms with Gasteiger partial charge in [-0.2, -0.15) is 0 Å². The average molecular weight is 264 g/mol. The molecule has 19 heavy (non-hydrogen) atoms. The van der Waals surface area contributed by atoms with Crippen LogP contribution < -0.4 is 0 Å². The maximum Gasteiger partial charge on any atom is 0.305 e. The van der Waals surface area contributed by atoms with Gasteiger partial charge in [0.15, 0.2) is 5.78 Å². The van der Waals surface area contributed by atoms with E-state index in [1.54, 1.807) is 0 Å². The van der Waals surface area contributed by atoms with E-state index in [9.17, 15) is 14.7 Å². The normalized spacial score (nSPS) is 25.6. The third-order valence-corrected chi connectivity index (χ3v) is 4.02. The summed E-state index contributed by atoms with van der Waals surface area (Å²) in [5.41, 5.74) is 1.29. The van der Waals surface area contributed by atoms with Crippen LogP contribution in [0.15, 0.2) is 23.5 Å². The Bertz CT molecular complexity index is 433.